The number of aromatic nitrogens is 1. The van der Waals surface area contributed by atoms with E-state index in [2.05, 4.69) is 51.0 Å². The molecule has 0 saturated heterocycles. The molecule has 0 radical (unpaired) electrons. The van der Waals surface area contributed by atoms with E-state index >= 15 is 0 Å². The monoisotopic (exact) mass is 325 g/mol. The van der Waals surface area contributed by atoms with Crippen LogP contribution in [0.25, 0.3) is 10.9 Å². The third-order valence-corrected chi connectivity index (χ3v) is 4.53. The van der Waals surface area contributed by atoms with Crippen LogP contribution in [0.2, 0.25) is 5.02 Å². The van der Waals surface area contributed by atoms with Crippen LogP contribution < -0.4 is 0 Å². The molecule has 0 fully saturated rings. The van der Waals surface area contributed by atoms with Crippen molar-refractivity contribution in [1.29, 1.82) is 0 Å². The molecule has 0 bridgehead atoms. The predicted molar refractivity (Wildman–Crippen MR) is 78.1 cm³/mol. The van der Waals surface area contributed by atoms with E-state index < -0.39 is 0 Å². The maximum Gasteiger partial charge on any atom is 0.0702 e. The number of thiophene rings is 1. The summed E-state index contributed by atoms with van der Waals surface area (Å²) in [5.41, 5.74) is 1.18. The Morgan fingerprint density at radius 2 is 2.06 bits per heavy atom. The van der Waals surface area contributed by atoms with Crippen LogP contribution in [0.4, 0.5) is 0 Å². The van der Waals surface area contributed by atoms with Gasteiger partial charge >= 0.3 is 0 Å². The minimum absolute atomic E-state index is 0.782. The summed E-state index contributed by atoms with van der Waals surface area (Å²) in [6.45, 7) is 0.889. The molecule has 2 heterocycles. The molecule has 17 heavy (non-hydrogen) atoms. The number of hydrogen-bond donors (Lipinski definition) is 0. The minimum Gasteiger partial charge on any atom is -0.342 e. The summed E-state index contributed by atoms with van der Waals surface area (Å²) in [5, 5.41) is 2.01. The van der Waals surface area contributed by atoms with E-state index in [1.54, 1.807) is 11.3 Å². The average Bonchev–Trinajstić information content (AvgIpc) is 2.87. The van der Waals surface area contributed by atoms with Gasteiger partial charge < -0.3 is 4.57 Å². The highest BCUT2D eigenvalue weighted by molar-refractivity contribution is 9.11. The molecule has 0 aliphatic carbocycles. The fraction of sp³-hybridized carbons (Fsp3) is 0.0769. The van der Waals surface area contributed by atoms with Crippen LogP contribution >= 0.6 is 38.9 Å². The van der Waals surface area contributed by atoms with Crippen LogP contribution in [0.5, 0.6) is 0 Å². The third-order valence-electron chi connectivity index (χ3n) is 2.69. The molecule has 0 spiro atoms. The lowest BCUT2D eigenvalue weighted by molar-refractivity contribution is 0.852. The van der Waals surface area contributed by atoms with Gasteiger partial charge in [0, 0.05) is 21.6 Å². The molecule has 1 nitrogen and oxygen atoms in total. The van der Waals surface area contributed by atoms with Gasteiger partial charge in [0.2, 0.25) is 0 Å². The van der Waals surface area contributed by atoms with E-state index in [0.29, 0.717) is 0 Å². The fourth-order valence-corrected chi connectivity index (χ4v) is 3.55. The molecule has 4 heteroatoms. The lowest BCUT2D eigenvalue weighted by Gasteiger charge is -2.03. The van der Waals surface area contributed by atoms with Crippen LogP contribution in [-0.2, 0) is 6.54 Å². The molecular weight excluding hydrogens is 318 g/mol. The van der Waals surface area contributed by atoms with E-state index in [1.165, 1.54) is 19.6 Å². The van der Waals surface area contributed by atoms with Gasteiger partial charge in [0.05, 0.1) is 10.3 Å². The van der Waals surface area contributed by atoms with Gasteiger partial charge in [-0.1, -0.05) is 17.7 Å². The Balaban J connectivity index is 2.03. The smallest absolute Gasteiger partial charge is 0.0702 e. The Bertz CT molecular complexity index is 671. The highest BCUT2D eigenvalue weighted by Gasteiger charge is 2.04. The molecule has 0 aliphatic heterocycles. The van der Waals surface area contributed by atoms with E-state index in [1.807, 2.05) is 12.1 Å². The van der Waals surface area contributed by atoms with E-state index in [0.717, 1.165) is 11.6 Å². The molecular formula is C13H9BrClNS. The van der Waals surface area contributed by atoms with Crippen LogP contribution in [0, 0.1) is 0 Å². The van der Waals surface area contributed by atoms with Crippen molar-refractivity contribution in [3.8, 4) is 0 Å². The predicted octanol–water partition coefficient (Wildman–Crippen LogP) is 5.17. The Morgan fingerprint density at radius 3 is 2.82 bits per heavy atom. The number of benzene rings is 1. The molecule has 86 valence electrons. The van der Waals surface area contributed by atoms with Gasteiger partial charge in [-0.05, 0) is 51.6 Å². The summed E-state index contributed by atoms with van der Waals surface area (Å²) in [4.78, 5) is 1.33. The van der Waals surface area contributed by atoms with Gasteiger partial charge in [0.1, 0.15) is 0 Å². The molecule has 3 rings (SSSR count). The molecule has 2 aromatic heterocycles. The Hall–Kier alpha value is -0.770. The van der Waals surface area contributed by atoms with Gasteiger partial charge in [-0.2, -0.15) is 0 Å². The first-order chi connectivity index (χ1) is 8.22. The summed E-state index contributed by atoms with van der Waals surface area (Å²) in [6.07, 6.45) is 2.11. The van der Waals surface area contributed by atoms with Crippen LogP contribution in [0.3, 0.4) is 0 Å². The quantitative estimate of drug-likeness (QED) is 0.612. The Morgan fingerprint density at radius 1 is 1.18 bits per heavy atom. The lowest BCUT2D eigenvalue weighted by atomic mass is 10.2. The summed E-state index contributed by atoms with van der Waals surface area (Å²) in [5.74, 6) is 0. The summed E-state index contributed by atoms with van der Waals surface area (Å²) in [6, 6.07) is 12.3. The van der Waals surface area contributed by atoms with Gasteiger partial charge in [-0.15, -0.1) is 11.3 Å². The molecule has 0 unspecified atom stereocenters. The number of rotatable bonds is 2. The third kappa shape index (κ3) is 2.28. The molecule has 0 N–H and O–H groups in total. The zero-order chi connectivity index (χ0) is 11.8. The van der Waals surface area contributed by atoms with Crippen molar-refractivity contribution in [2.75, 3.05) is 0 Å². The number of fused-ring (bicyclic) bond motifs is 1. The standard InChI is InChI=1S/C13H9BrClNS/c14-13-4-3-11(17-13)8-16-6-5-9-1-2-10(15)7-12(9)16/h1-7H,8H2. The van der Waals surface area contributed by atoms with Gasteiger partial charge in [0.15, 0.2) is 0 Å². The van der Waals surface area contributed by atoms with E-state index in [9.17, 15) is 0 Å². The number of halogens is 2. The van der Waals surface area contributed by atoms with Gasteiger partial charge in [-0.3, -0.25) is 0 Å². The maximum absolute atomic E-state index is 6.04. The molecule has 0 amide bonds. The van der Waals surface area contributed by atoms with Crippen molar-refractivity contribution in [1.82, 2.24) is 4.57 Å². The molecule has 0 aliphatic rings. The average molecular weight is 327 g/mol. The van der Waals surface area contributed by atoms with Crippen molar-refractivity contribution in [3.63, 3.8) is 0 Å². The van der Waals surface area contributed by atoms with E-state index in [-0.39, 0.29) is 0 Å². The van der Waals surface area contributed by atoms with Crippen LogP contribution in [-0.4, -0.2) is 4.57 Å². The first kappa shape index (κ1) is 11.3. The highest BCUT2D eigenvalue weighted by atomic mass is 79.9. The maximum atomic E-state index is 6.04. The van der Waals surface area contributed by atoms with Crippen molar-refractivity contribution in [2.24, 2.45) is 0 Å². The number of nitrogens with zero attached hydrogens (tertiary/aromatic N) is 1. The SMILES string of the molecule is Clc1ccc2ccn(Cc3ccc(Br)s3)c2c1. The largest absolute Gasteiger partial charge is 0.342 e. The van der Waals surface area contributed by atoms with Crippen molar-refractivity contribution in [2.45, 2.75) is 6.54 Å². The topological polar surface area (TPSA) is 4.93 Å². The second kappa shape index (κ2) is 4.48. The highest BCUT2D eigenvalue weighted by Crippen LogP contribution is 2.25. The minimum atomic E-state index is 0.782. The van der Waals surface area contributed by atoms with Crippen LogP contribution in [0.15, 0.2) is 46.4 Å². The zero-order valence-electron chi connectivity index (χ0n) is 8.86. The summed E-state index contributed by atoms with van der Waals surface area (Å²) >= 11 is 11.3. The zero-order valence-corrected chi connectivity index (χ0v) is 12.0. The second-order valence-corrected chi connectivity index (χ2v) is 6.84. The fourth-order valence-electron chi connectivity index (χ4n) is 1.90. The van der Waals surface area contributed by atoms with Crippen LogP contribution in [0.1, 0.15) is 4.88 Å². The van der Waals surface area contributed by atoms with Crippen molar-refractivity contribution in [3.05, 3.63) is 56.3 Å². The summed E-state index contributed by atoms with van der Waals surface area (Å²) in [7, 11) is 0. The Labute approximate surface area is 117 Å². The first-order valence-electron chi connectivity index (χ1n) is 5.21. The normalized spacial score (nSPS) is 11.2. The first-order valence-corrected chi connectivity index (χ1v) is 7.20. The van der Waals surface area contributed by atoms with Crippen molar-refractivity contribution < 1.29 is 0 Å². The summed E-state index contributed by atoms with van der Waals surface area (Å²) < 4.78 is 3.39. The van der Waals surface area contributed by atoms with Crippen molar-refractivity contribution >= 4 is 49.8 Å². The lowest BCUT2D eigenvalue weighted by Crippen LogP contribution is -1.94. The molecule has 0 atom stereocenters. The van der Waals surface area contributed by atoms with E-state index in [4.69, 9.17) is 11.6 Å². The van der Waals surface area contributed by atoms with Gasteiger partial charge in [-0.25, -0.2) is 0 Å². The second-order valence-electron chi connectivity index (χ2n) is 3.85. The Kier molecular flexibility index (Phi) is 2.99. The van der Waals surface area contributed by atoms with Gasteiger partial charge in [0.25, 0.3) is 0 Å². The molecule has 3 aromatic rings. The molecule has 1 aromatic carbocycles. The number of hydrogen-bond acceptors (Lipinski definition) is 1. The molecule has 0 saturated carbocycles.